The molecule has 0 unspecified atom stereocenters. The summed E-state index contributed by atoms with van der Waals surface area (Å²) in [6, 6.07) is 5.70. The molecule has 0 aromatic carbocycles. The number of allylic oxidation sites excluding steroid dienone is 1. The maximum absolute atomic E-state index is 12.8. The molecule has 0 fully saturated rings. The highest BCUT2D eigenvalue weighted by molar-refractivity contribution is 6.09. The van der Waals surface area contributed by atoms with Crippen LogP contribution in [0.15, 0.2) is 65.4 Å². The highest BCUT2D eigenvalue weighted by atomic mass is 19.4. The van der Waals surface area contributed by atoms with Gasteiger partial charge in [0.2, 0.25) is 5.91 Å². The van der Waals surface area contributed by atoms with Gasteiger partial charge in [-0.3, -0.25) is 19.8 Å². The number of nitrogens with zero attached hydrogens (tertiary/aromatic N) is 6. The van der Waals surface area contributed by atoms with E-state index in [4.69, 9.17) is 0 Å². The second kappa shape index (κ2) is 9.77. The third-order valence-corrected chi connectivity index (χ3v) is 4.17. The normalized spacial score (nSPS) is 12.2. The molecular weight excluding hydrogens is 423 g/mol. The van der Waals surface area contributed by atoms with E-state index in [0.29, 0.717) is 17.1 Å². The van der Waals surface area contributed by atoms with Crippen molar-refractivity contribution in [1.29, 1.82) is 0 Å². The van der Waals surface area contributed by atoms with Crippen LogP contribution in [0, 0.1) is 0 Å². The summed E-state index contributed by atoms with van der Waals surface area (Å²) >= 11 is 0. The zero-order valence-electron chi connectivity index (χ0n) is 16.9. The second-order valence-electron chi connectivity index (χ2n) is 6.49. The molecule has 3 aromatic heterocycles. The highest BCUT2D eigenvalue weighted by Crippen LogP contribution is 2.29. The quantitative estimate of drug-likeness (QED) is 0.565. The summed E-state index contributed by atoms with van der Waals surface area (Å²) in [6.45, 7) is 3.32. The molecule has 11 heteroatoms. The van der Waals surface area contributed by atoms with E-state index in [1.54, 1.807) is 37.8 Å². The Balaban J connectivity index is 1.66. The van der Waals surface area contributed by atoms with Crippen LogP contribution in [0.3, 0.4) is 0 Å². The molecule has 164 valence electrons. The molecule has 1 N–H and O–H groups in total. The molecule has 0 saturated heterocycles. The van der Waals surface area contributed by atoms with Crippen LogP contribution in [0.4, 0.5) is 19.0 Å². The van der Waals surface area contributed by atoms with Crippen LogP contribution in [0.1, 0.15) is 11.3 Å². The van der Waals surface area contributed by atoms with Gasteiger partial charge in [-0.15, -0.1) is 0 Å². The van der Waals surface area contributed by atoms with Crippen LogP contribution in [-0.2, 0) is 17.5 Å². The Hall–Kier alpha value is -4.15. The van der Waals surface area contributed by atoms with Crippen molar-refractivity contribution in [3.05, 3.63) is 66.6 Å². The van der Waals surface area contributed by atoms with Crippen molar-refractivity contribution >= 4 is 30.2 Å². The van der Waals surface area contributed by atoms with E-state index in [1.165, 1.54) is 23.2 Å². The lowest BCUT2D eigenvalue weighted by Crippen LogP contribution is -2.18. The third kappa shape index (κ3) is 5.72. The Kier molecular flexibility index (Phi) is 6.88. The van der Waals surface area contributed by atoms with Crippen LogP contribution in [0.25, 0.3) is 16.8 Å². The van der Waals surface area contributed by atoms with Gasteiger partial charge in [-0.25, -0.2) is 9.97 Å². The van der Waals surface area contributed by atoms with Gasteiger partial charge in [0.15, 0.2) is 0 Å². The number of rotatable bonds is 7. The topological polar surface area (TPSA) is 97.4 Å². The number of amides is 1. The van der Waals surface area contributed by atoms with Crippen molar-refractivity contribution in [3.8, 4) is 11.3 Å². The van der Waals surface area contributed by atoms with Crippen molar-refractivity contribution in [2.75, 3.05) is 12.4 Å². The largest absolute Gasteiger partial charge is 0.433 e. The smallest absolute Gasteiger partial charge is 0.327 e. The van der Waals surface area contributed by atoms with Gasteiger partial charge in [0, 0.05) is 54.8 Å². The number of carbonyl (C=O) groups is 1. The number of aromatic nitrogens is 4. The molecule has 1 amide bonds. The lowest BCUT2D eigenvalue weighted by atomic mass is 10.1. The Morgan fingerprint density at radius 3 is 2.72 bits per heavy atom. The van der Waals surface area contributed by atoms with Crippen molar-refractivity contribution in [1.82, 2.24) is 19.5 Å². The molecule has 0 radical (unpaired) electrons. The number of imidazole rings is 1. The fourth-order valence-corrected chi connectivity index (χ4v) is 2.75. The van der Waals surface area contributed by atoms with Crippen LogP contribution >= 0.6 is 0 Å². The van der Waals surface area contributed by atoms with E-state index in [-0.39, 0.29) is 18.0 Å². The number of hydrogen-bond donors (Lipinski definition) is 1. The zero-order valence-corrected chi connectivity index (χ0v) is 16.9. The molecule has 3 aromatic rings. The monoisotopic (exact) mass is 441 g/mol. The minimum Gasteiger partial charge on any atom is -0.327 e. The summed E-state index contributed by atoms with van der Waals surface area (Å²) in [7, 11) is 1.63. The van der Waals surface area contributed by atoms with Crippen LogP contribution in [0.2, 0.25) is 0 Å². The molecule has 32 heavy (non-hydrogen) atoms. The first-order chi connectivity index (χ1) is 15.3. The van der Waals surface area contributed by atoms with Gasteiger partial charge >= 0.3 is 6.18 Å². The number of carbonyl (C=O) groups excluding carboxylic acids is 1. The lowest BCUT2D eigenvalue weighted by molar-refractivity contribution is -0.141. The number of aliphatic imine (C=N–C) groups is 2. The van der Waals surface area contributed by atoms with Crippen LogP contribution in [-0.4, -0.2) is 45.4 Å². The van der Waals surface area contributed by atoms with Crippen LogP contribution < -0.4 is 5.32 Å². The molecule has 0 spiro atoms. The Morgan fingerprint density at radius 2 is 2.06 bits per heavy atom. The fraction of sp³-hybridized carbons (Fsp3) is 0.143. The van der Waals surface area contributed by atoms with E-state index in [9.17, 15) is 18.0 Å². The number of anilines is 1. The van der Waals surface area contributed by atoms with Crippen molar-refractivity contribution in [3.63, 3.8) is 0 Å². The summed E-state index contributed by atoms with van der Waals surface area (Å²) in [6.07, 6.45) is 4.07. The maximum atomic E-state index is 12.8. The summed E-state index contributed by atoms with van der Waals surface area (Å²) in [5.41, 5.74) is 0.987. The lowest BCUT2D eigenvalue weighted by Gasteiger charge is -2.07. The Bertz CT molecular complexity index is 1160. The number of nitrogens with one attached hydrogen (secondary N) is 1. The van der Waals surface area contributed by atoms with E-state index in [2.05, 4.69) is 37.0 Å². The molecule has 3 heterocycles. The molecular formula is C21H18F3N7O. The highest BCUT2D eigenvalue weighted by Gasteiger charge is 2.32. The van der Waals surface area contributed by atoms with E-state index >= 15 is 0 Å². The number of alkyl halides is 3. The van der Waals surface area contributed by atoms with Gasteiger partial charge in [-0.1, -0.05) is 0 Å². The van der Waals surface area contributed by atoms with E-state index < -0.39 is 11.9 Å². The van der Waals surface area contributed by atoms with Gasteiger partial charge in [-0.05, 0) is 31.0 Å². The van der Waals surface area contributed by atoms with Gasteiger partial charge in [0.25, 0.3) is 0 Å². The molecule has 0 aliphatic heterocycles. The molecule has 0 aliphatic rings. The first-order valence-corrected chi connectivity index (χ1v) is 9.20. The van der Waals surface area contributed by atoms with Gasteiger partial charge < -0.3 is 9.88 Å². The molecule has 0 saturated carbocycles. The summed E-state index contributed by atoms with van der Waals surface area (Å²) in [5.74, 6) is -0.0408. The number of pyridine rings is 2. The predicted octanol–water partition coefficient (Wildman–Crippen LogP) is 3.74. The summed E-state index contributed by atoms with van der Waals surface area (Å²) < 4.78 is 40.0. The first-order valence-electron chi connectivity index (χ1n) is 9.20. The zero-order chi connectivity index (χ0) is 23.1. The fourth-order valence-electron chi connectivity index (χ4n) is 2.75. The third-order valence-electron chi connectivity index (χ3n) is 4.17. The molecule has 3 rings (SSSR count). The molecule has 0 bridgehead atoms. The standard InChI is InChI=1S/C21H18F3N7O/c1-25-8-16(9-26-2)15-3-4-19(28-10-15)30-20(32)12-31-11-17(29-13-31)14-5-6-27-18(7-14)21(22,23)24/h3-11,13H,1,12H2,2H3,(H,28,30,32)/b16-8+,26-9-. The maximum Gasteiger partial charge on any atom is 0.433 e. The van der Waals surface area contributed by atoms with Gasteiger partial charge in [-0.2, -0.15) is 13.2 Å². The number of hydrogen-bond acceptors (Lipinski definition) is 6. The van der Waals surface area contributed by atoms with E-state index in [1.807, 2.05) is 0 Å². The van der Waals surface area contributed by atoms with Crippen molar-refractivity contribution in [2.45, 2.75) is 12.7 Å². The van der Waals surface area contributed by atoms with Gasteiger partial charge in [0.1, 0.15) is 18.1 Å². The molecule has 0 atom stereocenters. The SMILES string of the molecule is C=N/C=C(\C=N/C)c1ccc(NC(=O)Cn2cnc(-c3ccnc(C(F)(F)F)c3)c2)nc1. The Morgan fingerprint density at radius 1 is 1.25 bits per heavy atom. The van der Waals surface area contributed by atoms with Crippen LogP contribution in [0.5, 0.6) is 0 Å². The summed E-state index contributed by atoms with van der Waals surface area (Å²) in [5, 5.41) is 2.65. The minimum absolute atomic E-state index is 0.0956. The van der Waals surface area contributed by atoms with Crippen molar-refractivity contribution < 1.29 is 18.0 Å². The average molecular weight is 441 g/mol. The predicted molar refractivity (Wildman–Crippen MR) is 115 cm³/mol. The minimum atomic E-state index is -4.55. The molecule has 8 nitrogen and oxygen atoms in total. The second-order valence-corrected chi connectivity index (χ2v) is 6.49. The molecule has 0 aliphatic carbocycles. The average Bonchev–Trinajstić information content (AvgIpc) is 3.22. The Labute approximate surface area is 181 Å². The summed E-state index contributed by atoms with van der Waals surface area (Å²) in [4.78, 5) is 31.6. The van der Waals surface area contributed by atoms with Gasteiger partial charge in [0.05, 0.1) is 12.0 Å². The first kappa shape index (κ1) is 22.5. The number of halogens is 3. The van der Waals surface area contributed by atoms with E-state index in [0.717, 1.165) is 17.8 Å². The van der Waals surface area contributed by atoms with Crippen molar-refractivity contribution in [2.24, 2.45) is 9.98 Å².